The van der Waals surface area contributed by atoms with Gasteiger partial charge in [-0.05, 0) is 43.9 Å². The number of hydrogen-bond acceptors (Lipinski definition) is 4. The first kappa shape index (κ1) is 25.7. The van der Waals surface area contributed by atoms with E-state index in [4.69, 9.17) is 0 Å². The molecule has 1 fully saturated rings. The zero-order chi connectivity index (χ0) is 24.7. The topological polar surface area (TPSA) is 86.8 Å². The maximum absolute atomic E-state index is 13.6. The van der Waals surface area contributed by atoms with Gasteiger partial charge in [-0.3, -0.25) is 13.9 Å². The van der Waals surface area contributed by atoms with E-state index in [9.17, 15) is 18.0 Å². The zero-order valence-corrected chi connectivity index (χ0v) is 21.1. The van der Waals surface area contributed by atoms with Gasteiger partial charge < -0.3 is 10.2 Å². The average Bonchev–Trinajstić information content (AvgIpc) is 3.31. The molecule has 0 unspecified atom stereocenters. The number of nitrogens with one attached hydrogen (secondary N) is 1. The minimum absolute atomic E-state index is 0.134. The van der Waals surface area contributed by atoms with E-state index < -0.39 is 22.0 Å². The first-order chi connectivity index (χ1) is 16.2. The van der Waals surface area contributed by atoms with E-state index >= 15 is 0 Å². The lowest BCUT2D eigenvalue weighted by Crippen LogP contribution is -2.53. The van der Waals surface area contributed by atoms with E-state index in [1.54, 1.807) is 30.3 Å². The van der Waals surface area contributed by atoms with Crippen LogP contribution in [0.3, 0.4) is 0 Å². The number of nitrogens with zero attached hydrogens (tertiary/aromatic N) is 2. The molecule has 2 aromatic carbocycles. The van der Waals surface area contributed by atoms with Crippen LogP contribution < -0.4 is 9.62 Å². The number of anilines is 1. The number of rotatable bonds is 10. The Labute approximate surface area is 203 Å². The lowest BCUT2D eigenvalue weighted by molar-refractivity contribution is -0.140. The molecular weight excluding hydrogens is 450 g/mol. The van der Waals surface area contributed by atoms with E-state index in [0.29, 0.717) is 12.1 Å². The third-order valence-electron chi connectivity index (χ3n) is 6.28. The van der Waals surface area contributed by atoms with Crippen LogP contribution in [0.1, 0.15) is 50.2 Å². The van der Waals surface area contributed by atoms with Gasteiger partial charge in [-0.1, -0.05) is 67.8 Å². The Kier molecular flexibility index (Phi) is 8.72. The average molecular weight is 486 g/mol. The van der Waals surface area contributed by atoms with Crippen LogP contribution >= 0.6 is 0 Å². The third kappa shape index (κ3) is 6.82. The van der Waals surface area contributed by atoms with Crippen molar-refractivity contribution in [2.45, 2.75) is 64.6 Å². The van der Waals surface area contributed by atoms with E-state index in [0.717, 1.165) is 47.4 Å². The molecule has 1 saturated carbocycles. The fourth-order valence-corrected chi connectivity index (χ4v) is 5.23. The van der Waals surface area contributed by atoms with Crippen LogP contribution in [0.2, 0.25) is 0 Å². The van der Waals surface area contributed by atoms with Crippen LogP contribution in [-0.4, -0.2) is 50.0 Å². The lowest BCUT2D eigenvalue weighted by atomic mass is 10.1. The summed E-state index contributed by atoms with van der Waals surface area (Å²) in [4.78, 5) is 28.4. The summed E-state index contributed by atoms with van der Waals surface area (Å²) in [5.41, 5.74) is 2.40. The predicted octanol–water partition coefficient (Wildman–Crippen LogP) is 3.63. The number of benzene rings is 2. The smallest absolute Gasteiger partial charge is 0.244 e. The maximum Gasteiger partial charge on any atom is 0.244 e. The molecule has 7 nitrogen and oxygen atoms in total. The Morgan fingerprint density at radius 1 is 1.03 bits per heavy atom. The molecule has 0 bridgehead atoms. The van der Waals surface area contributed by atoms with Crippen molar-refractivity contribution in [3.05, 3.63) is 65.7 Å². The van der Waals surface area contributed by atoms with Crippen LogP contribution in [-0.2, 0) is 26.2 Å². The van der Waals surface area contributed by atoms with Gasteiger partial charge in [0, 0.05) is 12.6 Å². The van der Waals surface area contributed by atoms with Crippen LogP contribution in [0.25, 0.3) is 0 Å². The van der Waals surface area contributed by atoms with Gasteiger partial charge in [0.05, 0.1) is 11.9 Å². The van der Waals surface area contributed by atoms with E-state index in [1.165, 1.54) is 4.90 Å². The molecule has 0 spiro atoms. The molecule has 1 aliphatic rings. The minimum atomic E-state index is -3.71. The standard InChI is InChI=1S/C26H35N3O4S/c1-4-24(26(31)27-22-10-8-9-11-22)28(18-21-16-14-20(2)15-17-21)25(30)19-29(34(3,32)33)23-12-6-5-7-13-23/h5-7,12-17,22,24H,4,8-11,18-19H2,1-3H3,(H,27,31)/t24-/m0/s1. The largest absolute Gasteiger partial charge is 0.352 e. The number of carbonyl (C=O) groups excluding carboxylic acids is 2. The van der Waals surface area contributed by atoms with Crippen LogP contribution in [0.4, 0.5) is 5.69 Å². The van der Waals surface area contributed by atoms with Gasteiger partial charge in [-0.2, -0.15) is 0 Å². The Morgan fingerprint density at radius 3 is 2.21 bits per heavy atom. The van der Waals surface area contributed by atoms with Crippen molar-refractivity contribution in [2.24, 2.45) is 0 Å². The SMILES string of the molecule is CC[C@@H](C(=O)NC1CCCC1)N(Cc1ccc(C)cc1)C(=O)CN(c1ccccc1)S(C)(=O)=O. The van der Waals surface area contributed by atoms with Gasteiger partial charge in [0.1, 0.15) is 12.6 Å². The summed E-state index contributed by atoms with van der Waals surface area (Å²) >= 11 is 0. The van der Waals surface area contributed by atoms with Crippen molar-refractivity contribution in [3.63, 3.8) is 0 Å². The molecule has 3 rings (SSSR count). The highest BCUT2D eigenvalue weighted by molar-refractivity contribution is 7.92. The van der Waals surface area contributed by atoms with Crippen LogP contribution in [0, 0.1) is 6.92 Å². The zero-order valence-electron chi connectivity index (χ0n) is 20.2. The summed E-state index contributed by atoms with van der Waals surface area (Å²) in [6.45, 7) is 3.71. The molecule has 1 aliphatic carbocycles. The molecule has 0 aromatic heterocycles. The Balaban J connectivity index is 1.89. The molecule has 2 amide bonds. The summed E-state index contributed by atoms with van der Waals surface area (Å²) in [5.74, 6) is -0.594. The lowest BCUT2D eigenvalue weighted by Gasteiger charge is -2.33. The monoisotopic (exact) mass is 485 g/mol. The molecule has 0 saturated heterocycles. The highest BCUT2D eigenvalue weighted by atomic mass is 32.2. The third-order valence-corrected chi connectivity index (χ3v) is 7.42. The predicted molar refractivity (Wildman–Crippen MR) is 135 cm³/mol. The van der Waals surface area contributed by atoms with E-state index in [-0.39, 0.29) is 25.0 Å². The molecule has 0 heterocycles. The normalized spacial score (nSPS) is 15.0. The van der Waals surface area contributed by atoms with Crippen LogP contribution in [0.5, 0.6) is 0 Å². The van der Waals surface area contributed by atoms with Crippen molar-refractivity contribution in [3.8, 4) is 0 Å². The second kappa shape index (κ2) is 11.5. The van der Waals surface area contributed by atoms with Gasteiger partial charge in [0.2, 0.25) is 21.8 Å². The molecule has 2 aromatic rings. The van der Waals surface area contributed by atoms with Crippen molar-refractivity contribution >= 4 is 27.5 Å². The number of carbonyl (C=O) groups is 2. The van der Waals surface area contributed by atoms with Crippen molar-refractivity contribution in [1.82, 2.24) is 10.2 Å². The Hall–Kier alpha value is -2.87. The quantitative estimate of drug-likeness (QED) is 0.557. The highest BCUT2D eigenvalue weighted by Gasteiger charge is 2.32. The summed E-state index contributed by atoms with van der Waals surface area (Å²) < 4.78 is 26.2. The molecule has 34 heavy (non-hydrogen) atoms. The summed E-state index contributed by atoms with van der Waals surface area (Å²) in [7, 11) is -3.71. The van der Waals surface area contributed by atoms with Gasteiger partial charge in [-0.25, -0.2) is 8.42 Å². The van der Waals surface area contributed by atoms with Crippen molar-refractivity contribution in [2.75, 3.05) is 17.1 Å². The Morgan fingerprint density at radius 2 is 1.65 bits per heavy atom. The maximum atomic E-state index is 13.6. The molecule has 1 atom stereocenters. The molecule has 8 heteroatoms. The Bertz CT molecular complexity index is 1060. The fourth-order valence-electron chi connectivity index (χ4n) is 4.39. The van der Waals surface area contributed by atoms with Crippen LogP contribution in [0.15, 0.2) is 54.6 Å². The highest BCUT2D eigenvalue weighted by Crippen LogP contribution is 2.21. The molecule has 0 aliphatic heterocycles. The van der Waals surface area contributed by atoms with Crippen molar-refractivity contribution in [1.29, 1.82) is 0 Å². The van der Waals surface area contributed by atoms with Gasteiger partial charge in [-0.15, -0.1) is 0 Å². The molecule has 0 radical (unpaired) electrons. The number of hydrogen-bond donors (Lipinski definition) is 1. The molecular formula is C26H35N3O4S. The van der Waals surface area contributed by atoms with E-state index in [2.05, 4.69) is 5.32 Å². The van der Waals surface area contributed by atoms with Crippen molar-refractivity contribution < 1.29 is 18.0 Å². The summed E-state index contributed by atoms with van der Waals surface area (Å²) in [6.07, 6.45) is 5.60. The fraction of sp³-hybridized carbons (Fsp3) is 0.462. The summed E-state index contributed by atoms with van der Waals surface area (Å²) in [5, 5.41) is 3.11. The number of aryl methyl sites for hydroxylation is 1. The van der Waals surface area contributed by atoms with E-state index in [1.807, 2.05) is 38.1 Å². The minimum Gasteiger partial charge on any atom is -0.352 e. The number of para-hydroxylation sites is 1. The molecule has 184 valence electrons. The number of amides is 2. The number of sulfonamides is 1. The second-order valence-corrected chi connectivity index (χ2v) is 10.9. The summed E-state index contributed by atoms with van der Waals surface area (Å²) in [6, 6.07) is 15.8. The second-order valence-electron chi connectivity index (χ2n) is 9.03. The molecule has 1 N–H and O–H groups in total. The first-order valence-electron chi connectivity index (χ1n) is 11.9. The van der Waals surface area contributed by atoms with Gasteiger partial charge >= 0.3 is 0 Å². The first-order valence-corrected chi connectivity index (χ1v) is 13.7. The van der Waals surface area contributed by atoms with Gasteiger partial charge in [0.15, 0.2) is 0 Å². The van der Waals surface area contributed by atoms with Gasteiger partial charge in [0.25, 0.3) is 0 Å².